The number of carbonyl (C=O) groups is 2. The first-order chi connectivity index (χ1) is 13.2. The van der Waals surface area contributed by atoms with Gasteiger partial charge in [-0.2, -0.15) is 10.2 Å². The van der Waals surface area contributed by atoms with Crippen LogP contribution in [-0.4, -0.2) is 49.5 Å². The number of aromatic nitrogens is 4. The van der Waals surface area contributed by atoms with Crippen LogP contribution in [0.2, 0.25) is 0 Å². The van der Waals surface area contributed by atoms with Crippen molar-refractivity contribution in [2.24, 2.45) is 25.9 Å². The van der Waals surface area contributed by atoms with Crippen LogP contribution in [0.1, 0.15) is 46.5 Å². The van der Waals surface area contributed by atoms with Crippen LogP contribution in [0.15, 0.2) is 6.07 Å². The van der Waals surface area contributed by atoms with Crippen molar-refractivity contribution in [3.63, 3.8) is 0 Å². The van der Waals surface area contributed by atoms with Gasteiger partial charge in [-0.3, -0.25) is 19.0 Å². The van der Waals surface area contributed by atoms with Crippen LogP contribution in [0, 0.1) is 32.6 Å². The molecule has 0 N–H and O–H groups in total. The van der Waals surface area contributed by atoms with Crippen LogP contribution < -0.4 is 0 Å². The maximum atomic E-state index is 13.2. The second-order valence-corrected chi connectivity index (χ2v) is 7.61. The van der Waals surface area contributed by atoms with Crippen LogP contribution in [0.4, 0.5) is 0 Å². The minimum atomic E-state index is -0.165. The predicted molar refractivity (Wildman–Crippen MR) is 104 cm³/mol. The Kier molecular flexibility index (Phi) is 5.58. The predicted octanol–water partition coefficient (Wildman–Crippen LogP) is 1.92. The molecule has 1 amide bonds. The van der Waals surface area contributed by atoms with Gasteiger partial charge in [-0.25, -0.2) is 0 Å². The van der Waals surface area contributed by atoms with Gasteiger partial charge in [-0.1, -0.05) is 0 Å². The molecule has 1 aliphatic rings. The van der Waals surface area contributed by atoms with Gasteiger partial charge in [0.25, 0.3) is 5.91 Å². The summed E-state index contributed by atoms with van der Waals surface area (Å²) in [5.74, 6) is -0.273. The lowest BCUT2D eigenvalue weighted by molar-refractivity contribution is -0.145. The molecule has 1 fully saturated rings. The molecule has 8 heteroatoms. The molecule has 8 nitrogen and oxygen atoms in total. The number of aryl methyl sites for hydroxylation is 4. The van der Waals surface area contributed by atoms with Crippen LogP contribution in [0.25, 0.3) is 0 Å². The lowest BCUT2D eigenvalue weighted by atomic mass is 10.1. The van der Waals surface area contributed by atoms with Crippen molar-refractivity contribution in [3.8, 4) is 0 Å². The average Bonchev–Trinajstić information content (AvgIpc) is 3.27. The molecule has 0 saturated heterocycles. The summed E-state index contributed by atoms with van der Waals surface area (Å²) in [7, 11) is 3.72. The van der Waals surface area contributed by atoms with E-state index in [-0.39, 0.29) is 23.7 Å². The van der Waals surface area contributed by atoms with Crippen molar-refractivity contribution < 1.29 is 14.3 Å². The molecule has 2 atom stereocenters. The van der Waals surface area contributed by atoms with Gasteiger partial charge in [0.15, 0.2) is 5.69 Å². The first kappa shape index (κ1) is 20.1. The van der Waals surface area contributed by atoms with Gasteiger partial charge in [-0.15, -0.1) is 0 Å². The molecule has 2 aromatic heterocycles. The number of hydrogen-bond acceptors (Lipinski definition) is 5. The topological polar surface area (TPSA) is 82.3 Å². The Balaban J connectivity index is 1.82. The standard InChI is InChI=1S/C20H29N5O3/c1-7-28-20(27)16-9-15(16)10-25(11-17-13(3)21-24(6)14(17)4)19(26)18-8-12(2)23(5)22-18/h8,15-16H,7,9-11H2,1-6H3/t15-,16+/m0/s1. The minimum Gasteiger partial charge on any atom is -0.466 e. The first-order valence-corrected chi connectivity index (χ1v) is 9.68. The van der Waals surface area contributed by atoms with E-state index in [2.05, 4.69) is 10.2 Å². The number of nitrogens with zero attached hydrogens (tertiary/aromatic N) is 5. The second kappa shape index (κ2) is 7.77. The van der Waals surface area contributed by atoms with E-state index in [1.807, 2.05) is 46.5 Å². The summed E-state index contributed by atoms with van der Waals surface area (Å²) >= 11 is 0. The Bertz CT molecular complexity index is 879. The van der Waals surface area contributed by atoms with Crippen molar-refractivity contribution in [1.82, 2.24) is 24.5 Å². The maximum Gasteiger partial charge on any atom is 0.309 e. The molecule has 0 aliphatic heterocycles. The summed E-state index contributed by atoms with van der Waals surface area (Å²) in [5, 5.41) is 8.81. The molecule has 0 bridgehead atoms. The highest BCUT2D eigenvalue weighted by Gasteiger charge is 2.45. The van der Waals surface area contributed by atoms with Gasteiger partial charge >= 0.3 is 5.97 Å². The van der Waals surface area contributed by atoms with Gasteiger partial charge in [0.1, 0.15) is 0 Å². The summed E-state index contributed by atoms with van der Waals surface area (Å²) in [4.78, 5) is 27.0. The highest BCUT2D eigenvalue weighted by Crippen LogP contribution is 2.40. The van der Waals surface area contributed by atoms with E-state index >= 15 is 0 Å². The third-order valence-electron chi connectivity index (χ3n) is 5.59. The summed E-state index contributed by atoms with van der Waals surface area (Å²) in [5.41, 5.74) is 4.33. The van der Waals surface area contributed by atoms with Gasteiger partial charge in [0.05, 0.1) is 18.2 Å². The highest BCUT2D eigenvalue weighted by atomic mass is 16.5. The van der Waals surface area contributed by atoms with Crippen LogP contribution in [-0.2, 0) is 30.2 Å². The number of esters is 1. The number of hydrogen-bond donors (Lipinski definition) is 0. The molecular weight excluding hydrogens is 358 g/mol. The molecule has 1 aliphatic carbocycles. The molecule has 28 heavy (non-hydrogen) atoms. The summed E-state index contributed by atoms with van der Waals surface area (Å²) in [6.45, 7) is 9.02. The SMILES string of the molecule is CCOC(=O)[C@@H]1C[C@H]1CN(Cc1c(C)nn(C)c1C)C(=O)c1cc(C)n(C)n1. The molecule has 2 heterocycles. The van der Waals surface area contributed by atoms with Crippen molar-refractivity contribution in [2.45, 2.75) is 40.7 Å². The Labute approximate surface area is 165 Å². The van der Waals surface area contributed by atoms with E-state index in [9.17, 15) is 9.59 Å². The largest absolute Gasteiger partial charge is 0.466 e. The Morgan fingerprint density at radius 2 is 1.93 bits per heavy atom. The van der Waals surface area contributed by atoms with Crippen molar-refractivity contribution in [1.29, 1.82) is 0 Å². The zero-order valence-electron chi connectivity index (χ0n) is 17.5. The number of carbonyl (C=O) groups excluding carboxylic acids is 2. The smallest absolute Gasteiger partial charge is 0.309 e. The van der Waals surface area contributed by atoms with Crippen molar-refractivity contribution >= 4 is 11.9 Å². The fourth-order valence-electron chi connectivity index (χ4n) is 3.55. The Hall–Kier alpha value is -2.64. The first-order valence-electron chi connectivity index (χ1n) is 9.68. The third-order valence-corrected chi connectivity index (χ3v) is 5.59. The molecule has 0 radical (unpaired) electrons. The van der Waals surface area contributed by atoms with Crippen LogP contribution in [0.5, 0.6) is 0 Å². The van der Waals surface area contributed by atoms with Gasteiger partial charge in [-0.05, 0) is 46.1 Å². The van der Waals surface area contributed by atoms with E-state index in [1.165, 1.54) is 0 Å². The van der Waals surface area contributed by atoms with Crippen LogP contribution in [0.3, 0.4) is 0 Å². The lowest BCUT2D eigenvalue weighted by Gasteiger charge is -2.22. The monoisotopic (exact) mass is 387 g/mol. The quantitative estimate of drug-likeness (QED) is 0.678. The maximum absolute atomic E-state index is 13.2. The zero-order chi connectivity index (χ0) is 20.6. The Morgan fingerprint density at radius 3 is 2.46 bits per heavy atom. The minimum absolute atomic E-state index is 0.114. The van der Waals surface area contributed by atoms with Gasteiger partial charge in [0.2, 0.25) is 0 Å². The fourth-order valence-corrected chi connectivity index (χ4v) is 3.55. The van der Waals surface area contributed by atoms with Crippen molar-refractivity contribution in [2.75, 3.05) is 13.2 Å². The molecule has 2 aromatic rings. The normalized spacial score (nSPS) is 18.2. The van der Waals surface area contributed by atoms with E-state index in [0.29, 0.717) is 25.4 Å². The van der Waals surface area contributed by atoms with E-state index in [0.717, 1.165) is 29.1 Å². The van der Waals surface area contributed by atoms with E-state index in [1.54, 1.807) is 15.6 Å². The van der Waals surface area contributed by atoms with Gasteiger partial charge < -0.3 is 9.64 Å². The molecule has 0 aromatic carbocycles. The zero-order valence-corrected chi connectivity index (χ0v) is 17.5. The summed E-state index contributed by atoms with van der Waals surface area (Å²) in [6, 6.07) is 1.80. The molecule has 1 saturated carbocycles. The molecule has 0 spiro atoms. The van der Waals surface area contributed by atoms with Crippen molar-refractivity contribution in [3.05, 3.63) is 34.4 Å². The molecule has 3 rings (SSSR count). The second-order valence-electron chi connectivity index (χ2n) is 7.61. The average molecular weight is 387 g/mol. The van der Waals surface area contributed by atoms with Gasteiger partial charge in [0, 0.05) is 44.1 Å². The third kappa shape index (κ3) is 3.95. The Morgan fingerprint density at radius 1 is 1.21 bits per heavy atom. The van der Waals surface area contributed by atoms with E-state index < -0.39 is 0 Å². The highest BCUT2D eigenvalue weighted by molar-refractivity contribution is 5.92. The fraction of sp³-hybridized carbons (Fsp3) is 0.600. The van der Waals surface area contributed by atoms with Crippen LogP contribution >= 0.6 is 0 Å². The number of rotatable bonds is 7. The summed E-state index contributed by atoms with van der Waals surface area (Å²) in [6.07, 6.45) is 0.759. The summed E-state index contributed by atoms with van der Waals surface area (Å²) < 4.78 is 8.66. The number of amides is 1. The van der Waals surface area contributed by atoms with E-state index in [4.69, 9.17) is 4.74 Å². The molecule has 0 unspecified atom stereocenters. The lowest BCUT2D eigenvalue weighted by Crippen LogP contribution is -2.34. The molecular formula is C20H29N5O3. The number of ether oxygens (including phenoxy) is 1. The molecule has 152 valence electrons.